The molecule has 444 valence electrons. The van der Waals surface area contributed by atoms with Crippen LogP contribution in [0.3, 0.4) is 0 Å². The molecule has 3 fully saturated rings. The SMILES string of the molecule is C[C@@H](O)[C@@H]1NC(=O)[C@H]([C@H](O)[C@@H](O)c2ccc(O)cc2)NC(=O)[C@@H]2C[C@@H](O)CN2C(=O)[C@H]([C@@H](C)O)NC(=O)[C@@H](NC(=O)CCCCCCCCCCOc2ccc(-c3ccccc3)cc2)C[C@@H](O)[C@H](O)NC(=O)[C@@H]2[C@@H](O)[C@@H](C)CN2C1=O. The van der Waals surface area contributed by atoms with E-state index in [9.17, 15) is 79.5 Å². The van der Waals surface area contributed by atoms with Crippen LogP contribution in [0.2, 0.25) is 0 Å². The number of fused-ring (bicyclic) bond motifs is 2. The average Bonchev–Trinajstić information content (AvgIpc) is 4.13. The number of hydrogen-bond donors (Lipinski definition) is 14. The molecule has 15 atom stereocenters. The normalized spacial score (nSPS) is 27.8. The van der Waals surface area contributed by atoms with Crippen LogP contribution < -0.4 is 31.3 Å². The number of aliphatic hydroxyl groups is 8. The molecule has 81 heavy (non-hydrogen) atoms. The Labute approximate surface area is 469 Å². The fraction of sp³-hybridized carbons (Fsp3) is 0.561. The van der Waals surface area contributed by atoms with E-state index in [4.69, 9.17) is 4.74 Å². The summed E-state index contributed by atoms with van der Waals surface area (Å²) in [5.41, 5.74) is 2.17. The van der Waals surface area contributed by atoms with Crippen molar-refractivity contribution >= 4 is 41.4 Å². The predicted molar refractivity (Wildman–Crippen MR) is 291 cm³/mol. The van der Waals surface area contributed by atoms with Crippen molar-refractivity contribution in [2.24, 2.45) is 5.92 Å². The predicted octanol–water partition coefficient (Wildman–Crippen LogP) is -0.887. The van der Waals surface area contributed by atoms with Gasteiger partial charge in [-0.1, -0.05) is 100 Å². The lowest BCUT2D eigenvalue weighted by Crippen LogP contribution is -2.64. The Morgan fingerprint density at radius 3 is 1.80 bits per heavy atom. The third-order valence-electron chi connectivity index (χ3n) is 15.0. The van der Waals surface area contributed by atoms with Crippen molar-refractivity contribution in [3.8, 4) is 22.6 Å². The van der Waals surface area contributed by atoms with Crippen LogP contribution in [0.15, 0.2) is 78.9 Å². The molecular weight excluding hydrogens is 1050 g/mol. The lowest BCUT2D eigenvalue weighted by Gasteiger charge is -2.34. The van der Waals surface area contributed by atoms with E-state index in [1.807, 2.05) is 42.5 Å². The monoisotopic (exact) mass is 1130 g/mol. The van der Waals surface area contributed by atoms with Gasteiger partial charge in [0, 0.05) is 38.3 Å². The third-order valence-corrected chi connectivity index (χ3v) is 15.0. The van der Waals surface area contributed by atoms with Crippen molar-refractivity contribution in [2.45, 2.75) is 177 Å². The molecule has 24 heteroatoms. The molecule has 0 unspecified atom stereocenters. The van der Waals surface area contributed by atoms with Crippen molar-refractivity contribution in [1.82, 2.24) is 36.4 Å². The number of unbranched alkanes of at least 4 members (excludes halogenated alkanes) is 7. The number of amides is 7. The Morgan fingerprint density at radius 2 is 1.19 bits per heavy atom. The van der Waals surface area contributed by atoms with Gasteiger partial charge in [-0.05, 0) is 67.6 Å². The van der Waals surface area contributed by atoms with Gasteiger partial charge in [0.15, 0.2) is 6.23 Å². The van der Waals surface area contributed by atoms with Gasteiger partial charge >= 0.3 is 0 Å². The summed E-state index contributed by atoms with van der Waals surface area (Å²) < 4.78 is 5.92. The molecule has 3 heterocycles. The Balaban J connectivity index is 1.15. The molecule has 24 nitrogen and oxygen atoms in total. The highest BCUT2D eigenvalue weighted by molar-refractivity contribution is 5.98. The van der Waals surface area contributed by atoms with Crippen LogP contribution in [0.1, 0.15) is 103 Å². The van der Waals surface area contributed by atoms with Crippen LogP contribution in [-0.4, -0.2) is 196 Å². The van der Waals surface area contributed by atoms with Crippen molar-refractivity contribution in [2.75, 3.05) is 19.7 Å². The first-order chi connectivity index (χ1) is 38.6. The quantitative estimate of drug-likeness (QED) is 0.0648. The van der Waals surface area contributed by atoms with E-state index >= 15 is 0 Å². The molecule has 7 amide bonds. The van der Waals surface area contributed by atoms with E-state index in [-0.39, 0.29) is 24.3 Å². The number of phenols is 1. The fourth-order valence-corrected chi connectivity index (χ4v) is 10.3. The van der Waals surface area contributed by atoms with Crippen LogP contribution in [0.4, 0.5) is 0 Å². The van der Waals surface area contributed by atoms with Crippen LogP contribution in [-0.2, 0) is 33.6 Å². The van der Waals surface area contributed by atoms with Gasteiger partial charge in [0.25, 0.3) is 0 Å². The molecule has 3 aliphatic heterocycles. The van der Waals surface area contributed by atoms with E-state index in [2.05, 4.69) is 38.7 Å². The highest BCUT2D eigenvalue weighted by Gasteiger charge is 2.50. The lowest BCUT2D eigenvalue weighted by atomic mass is 9.96. The van der Waals surface area contributed by atoms with Gasteiger partial charge in [-0.2, -0.15) is 0 Å². The zero-order valence-electron chi connectivity index (χ0n) is 45.8. The van der Waals surface area contributed by atoms with Gasteiger partial charge in [-0.3, -0.25) is 33.6 Å². The minimum absolute atomic E-state index is 0.0650. The Bertz CT molecular complexity index is 2580. The first-order valence-corrected chi connectivity index (χ1v) is 27.7. The number of phenolic OH excluding ortho intramolecular Hbond substituents is 1. The number of nitrogens with zero attached hydrogens (tertiary/aromatic N) is 2. The largest absolute Gasteiger partial charge is 0.508 e. The summed E-state index contributed by atoms with van der Waals surface area (Å²) in [5.74, 6) is -8.22. The Morgan fingerprint density at radius 1 is 0.630 bits per heavy atom. The molecule has 3 aromatic rings. The first kappa shape index (κ1) is 63.4. The second-order valence-corrected chi connectivity index (χ2v) is 21.5. The molecule has 0 saturated carbocycles. The summed E-state index contributed by atoms with van der Waals surface area (Å²) in [7, 11) is 0. The van der Waals surface area contributed by atoms with Crippen molar-refractivity contribution in [1.29, 1.82) is 0 Å². The highest BCUT2D eigenvalue weighted by atomic mass is 16.5. The number of aromatic hydroxyl groups is 1. The topological polar surface area (TPSA) is 377 Å². The van der Waals surface area contributed by atoms with Gasteiger partial charge in [0.1, 0.15) is 66.1 Å². The van der Waals surface area contributed by atoms with Crippen LogP contribution in [0.25, 0.3) is 11.1 Å². The Kier molecular flexibility index (Phi) is 23.3. The van der Waals surface area contributed by atoms with Crippen LogP contribution in [0, 0.1) is 5.92 Å². The first-order valence-electron chi connectivity index (χ1n) is 27.7. The fourth-order valence-electron chi connectivity index (χ4n) is 10.3. The molecule has 0 aliphatic carbocycles. The molecule has 3 saturated heterocycles. The number of carbonyl (C=O) groups is 7. The minimum atomic E-state index is -2.28. The molecule has 14 N–H and O–H groups in total. The van der Waals surface area contributed by atoms with Gasteiger partial charge < -0.3 is 87.1 Å². The van der Waals surface area contributed by atoms with Crippen LogP contribution in [0.5, 0.6) is 11.5 Å². The average molecular weight is 1130 g/mol. The molecular formula is C57H79N7O17. The zero-order chi connectivity index (χ0) is 59.1. The number of carbonyl (C=O) groups excluding carboxylic acids is 7. The second kappa shape index (κ2) is 29.8. The highest BCUT2D eigenvalue weighted by Crippen LogP contribution is 2.28. The maximum Gasteiger partial charge on any atom is 0.248 e. The van der Waals surface area contributed by atoms with Gasteiger partial charge in [-0.15, -0.1) is 0 Å². The third kappa shape index (κ3) is 17.1. The van der Waals surface area contributed by atoms with Crippen LogP contribution >= 0.6 is 0 Å². The minimum Gasteiger partial charge on any atom is -0.508 e. The number of ether oxygens (including phenoxy) is 1. The zero-order valence-corrected chi connectivity index (χ0v) is 45.8. The van der Waals surface area contributed by atoms with E-state index in [1.54, 1.807) is 0 Å². The summed E-state index contributed by atoms with van der Waals surface area (Å²) in [6, 6.07) is 11.4. The van der Waals surface area contributed by atoms with Crippen molar-refractivity contribution in [3.05, 3.63) is 84.4 Å². The number of hydrogen-bond acceptors (Lipinski definition) is 17. The molecule has 0 bridgehead atoms. The molecule has 0 aromatic heterocycles. The number of benzene rings is 3. The van der Waals surface area contributed by atoms with E-state index in [1.165, 1.54) is 19.1 Å². The smallest absolute Gasteiger partial charge is 0.248 e. The van der Waals surface area contributed by atoms with Crippen molar-refractivity contribution < 1.29 is 84.3 Å². The summed E-state index contributed by atoms with van der Waals surface area (Å²) in [5, 5.41) is 111. The molecule has 3 aromatic carbocycles. The second-order valence-electron chi connectivity index (χ2n) is 21.5. The molecule has 3 aliphatic rings. The standard InChI is InChI=1S/C57H79N7O17/c1-31-29-64-47(48(31)71)55(78)62-53(76)42(69)28-40(58-43(70)17-13-8-6-4-5-7-9-14-26-81-39-24-20-35(21-25-39)34-15-11-10-12-16-34)51(74)59-44(32(2)65)56(79)63-30-38(68)27-41(63)52(75)61-46(54(77)60-45(33(3)66)57(64)80)50(73)49(72)36-18-22-37(67)23-19-36/h10-12,15-16,18-25,31-33,38,40-42,44-50,53,65-69,71-73,76H,4-9,13-14,17,26-30H2,1-3H3,(H,58,70)(H,59,74)(H,60,77)(H,61,75)(H,62,78)/t31-,32+,33+,38+,40-,41-,42+,44-,45-,46-,47-,48-,49-,50-,53-/m0/s1. The van der Waals surface area contributed by atoms with Gasteiger partial charge in [-0.25, -0.2) is 0 Å². The maximum atomic E-state index is 14.4. The number of rotatable bonds is 19. The lowest BCUT2D eigenvalue weighted by molar-refractivity contribution is -0.148. The van der Waals surface area contributed by atoms with Gasteiger partial charge in [0.2, 0.25) is 41.4 Å². The molecule has 0 spiro atoms. The number of aliphatic hydroxyl groups excluding tert-OH is 8. The summed E-state index contributed by atoms with van der Waals surface area (Å²) in [6.45, 7) is 3.36. The van der Waals surface area contributed by atoms with E-state index in [0.717, 1.165) is 91.2 Å². The summed E-state index contributed by atoms with van der Waals surface area (Å²) >= 11 is 0. The molecule has 6 rings (SSSR count). The molecule has 0 radical (unpaired) electrons. The van der Waals surface area contributed by atoms with E-state index < -0.39 is 152 Å². The maximum absolute atomic E-state index is 14.4. The summed E-state index contributed by atoms with van der Waals surface area (Å²) in [4.78, 5) is 101. The van der Waals surface area contributed by atoms with E-state index in [0.29, 0.717) is 19.4 Å². The summed E-state index contributed by atoms with van der Waals surface area (Å²) in [6.07, 6.45) is -9.93. The Hall–Kier alpha value is -6.77. The van der Waals surface area contributed by atoms with Crippen molar-refractivity contribution in [3.63, 3.8) is 0 Å². The van der Waals surface area contributed by atoms with Gasteiger partial charge in [0.05, 0.1) is 31.0 Å². The number of nitrogens with one attached hydrogen (secondary N) is 5.